The number of carbonyl (C=O) groups is 1. The van der Waals surface area contributed by atoms with Crippen LogP contribution in [0.4, 0.5) is 10.7 Å². The number of ether oxygens (including phenoxy) is 1. The maximum Gasteiger partial charge on any atom is 0.418 e. The Balaban J connectivity index is 1.54. The molecule has 0 saturated heterocycles. The summed E-state index contributed by atoms with van der Waals surface area (Å²) in [4.78, 5) is 28.7. The van der Waals surface area contributed by atoms with E-state index in [4.69, 9.17) is 4.74 Å². The van der Waals surface area contributed by atoms with E-state index in [0.717, 1.165) is 22.2 Å². The zero-order chi connectivity index (χ0) is 20.4. The standard InChI is InChI=1S/C22H21N5O2/c1-22(2,3)29-21(28)27-12-10-26(11-13-27)20-23-9-8-19(25-20)17-14-16-6-4-5-7-18(16)24-15-17/h4-15H,1-3H3. The van der Waals surface area contributed by atoms with Gasteiger partial charge in [0.15, 0.2) is 0 Å². The third-order valence-corrected chi connectivity index (χ3v) is 4.14. The summed E-state index contributed by atoms with van der Waals surface area (Å²) in [7, 11) is 0. The lowest BCUT2D eigenvalue weighted by Gasteiger charge is -2.26. The second-order valence-corrected chi connectivity index (χ2v) is 7.55. The summed E-state index contributed by atoms with van der Waals surface area (Å²) in [6, 6.07) is 11.9. The predicted octanol–water partition coefficient (Wildman–Crippen LogP) is 4.69. The van der Waals surface area contributed by atoms with Gasteiger partial charge in [0.2, 0.25) is 5.95 Å². The van der Waals surface area contributed by atoms with Crippen molar-refractivity contribution >= 4 is 22.9 Å². The zero-order valence-corrected chi connectivity index (χ0v) is 16.5. The smallest absolute Gasteiger partial charge is 0.418 e. The SMILES string of the molecule is CC(C)(C)OC(=O)N1C=CN(c2nccc(-c3cnc4ccccc4c3)n2)C=C1. The lowest BCUT2D eigenvalue weighted by molar-refractivity contribution is 0.0397. The molecule has 7 heteroatoms. The topological polar surface area (TPSA) is 71.5 Å². The van der Waals surface area contributed by atoms with Crippen molar-refractivity contribution in [2.24, 2.45) is 0 Å². The van der Waals surface area contributed by atoms with E-state index in [1.807, 2.05) is 51.1 Å². The van der Waals surface area contributed by atoms with Crippen LogP contribution in [-0.4, -0.2) is 31.5 Å². The number of anilines is 1. The molecule has 1 aromatic carbocycles. The van der Waals surface area contributed by atoms with Crippen LogP contribution in [0.1, 0.15) is 20.8 Å². The maximum absolute atomic E-state index is 12.1. The second kappa shape index (κ2) is 7.35. The van der Waals surface area contributed by atoms with Gasteiger partial charge < -0.3 is 4.74 Å². The Bertz CT molecular complexity index is 1100. The molecular formula is C22H21N5O2. The number of amides is 1. The van der Waals surface area contributed by atoms with Gasteiger partial charge >= 0.3 is 6.09 Å². The van der Waals surface area contributed by atoms with Crippen LogP contribution >= 0.6 is 0 Å². The molecule has 0 unspecified atom stereocenters. The van der Waals surface area contributed by atoms with Crippen molar-refractivity contribution in [3.63, 3.8) is 0 Å². The third kappa shape index (κ3) is 4.24. The molecule has 146 valence electrons. The molecule has 0 aliphatic carbocycles. The molecule has 1 amide bonds. The normalized spacial score (nSPS) is 13.8. The fourth-order valence-electron chi connectivity index (χ4n) is 2.80. The molecule has 3 heterocycles. The number of fused-ring (bicyclic) bond motifs is 1. The van der Waals surface area contributed by atoms with Crippen molar-refractivity contribution in [3.05, 3.63) is 73.6 Å². The largest absolute Gasteiger partial charge is 0.443 e. The fraction of sp³-hybridized carbons (Fsp3) is 0.182. The second-order valence-electron chi connectivity index (χ2n) is 7.55. The molecule has 0 atom stereocenters. The summed E-state index contributed by atoms with van der Waals surface area (Å²) >= 11 is 0. The molecule has 29 heavy (non-hydrogen) atoms. The predicted molar refractivity (Wildman–Crippen MR) is 112 cm³/mol. The van der Waals surface area contributed by atoms with Gasteiger partial charge in [0.05, 0.1) is 11.2 Å². The van der Waals surface area contributed by atoms with Gasteiger partial charge in [-0.2, -0.15) is 0 Å². The van der Waals surface area contributed by atoms with E-state index >= 15 is 0 Å². The summed E-state index contributed by atoms with van der Waals surface area (Å²) in [5.74, 6) is 0.493. The number of benzene rings is 1. The van der Waals surface area contributed by atoms with E-state index in [1.54, 1.807) is 42.1 Å². The highest BCUT2D eigenvalue weighted by molar-refractivity contribution is 5.82. The number of aromatic nitrogens is 3. The molecule has 1 aliphatic rings. The molecule has 0 N–H and O–H groups in total. The minimum Gasteiger partial charge on any atom is -0.443 e. The van der Waals surface area contributed by atoms with Crippen molar-refractivity contribution in [1.29, 1.82) is 0 Å². The fourth-order valence-corrected chi connectivity index (χ4v) is 2.80. The van der Waals surface area contributed by atoms with Crippen molar-refractivity contribution in [2.75, 3.05) is 4.90 Å². The Morgan fingerprint density at radius 2 is 1.76 bits per heavy atom. The molecule has 4 rings (SSSR count). The lowest BCUT2D eigenvalue weighted by Crippen LogP contribution is -2.32. The van der Waals surface area contributed by atoms with E-state index < -0.39 is 11.7 Å². The van der Waals surface area contributed by atoms with Crippen LogP contribution in [0.25, 0.3) is 22.2 Å². The summed E-state index contributed by atoms with van der Waals surface area (Å²) in [6.45, 7) is 5.49. The average Bonchev–Trinajstić information content (AvgIpc) is 2.72. The van der Waals surface area contributed by atoms with Crippen LogP contribution in [0.3, 0.4) is 0 Å². The van der Waals surface area contributed by atoms with E-state index in [2.05, 4.69) is 21.0 Å². The molecule has 3 aromatic rings. The Hall–Kier alpha value is -3.74. The highest BCUT2D eigenvalue weighted by atomic mass is 16.6. The molecule has 7 nitrogen and oxygen atoms in total. The molecular weight excluding hydrogens is 366 g/mol. The van der Waals surface area contributed by atoms with Gasteiger partial charge in [-0.25, -0.2) is 14.8 Å². The van der Waals surface area contributed by atoms with Crippen LogP contribution in [0.15, 0.2) is 73.6 Å². The van der Waals surface area contributed by atoms with Gasteiger partial charge in [-0.3, -0.25) is 14.8 Å². The maximum atomic E-state index is 12.1. The third-order valence-electron chi connectivity index (χ3n) is 4.14. The first-order valence-corrected chi connectivity index (χ1v) is 9.24. The van der Waals surface area contributed by atoms with Crippen LogP contribution in [-0.2, 0) is 4.74 Å². The van der Waals surface area contributed by atoms with Crippen molar-refractivity contribution in [1.82, 2.24) is 19.9 Å². The van der Waals surface area contributed by atoms with Crippen molar-refractivity contribution < 1.29 is 9.53 Å². The first-order valence-electron chi connectivity index (χ1n) is 9.24. The van der Waals surface area contributed by atoms with Crippen LogP contribution in [0, 0.1) is 0 Å². The van der Waals surface area contributed by atoms with E-state index in [9.17, 15) is 4.79 Å². The van der Waals surface area contributed by atoms with Gasteiger partial charge in [-0.1, -0.05) is 18.2 Å². The van der Waals surface area contributed by atoms with Crippen molar-refractivity contribution in [2.45, 2.75) is 26.4 Å². The minimum atomic E-state index is -0.554. The summed E-state index contributed by atoms with van der Waals surface area (Å²) < 4.78 is 5.36. The Morgan fingerprint density at radius 1 is 1.00 bits per heavy atom. The lowest BCUT2D eigenvalue weighted by atomic mass is 10.1. The quantitative estimate of drug-likeness (QED) is 0.635. The zero-order valence-electron chi connectivity index (χ0n) is 16.5. The highest BCUT2D eigenvalue weighted by Gasteiger charge is 2.21. The first kappa shape index (κ1) is 18.6. The Kier molecular flexibility index (Phi) is 4.72. The van der Waals surface area contributed by atoms with E-state index in [1.165, 1.54) is 4.90 Å². The van der Waals surface area contributed by atoms with Gasteiger partial charge in [-0.15, -0.1) is 0 Å². The van der Waals surface area contributed by atoms with Gasteiger partial charge in [0.25, 0.3) is 0 Å². The number of hydrogen-bond acceptors (Lipinski definition) is 6. The van der Waals surface area contributed by atoms with Crippen LogP contribution in [0.2, 0.25) is 0 Å². The molecule has 1 aliphatic heterocycles. The molecule has 2 aromatic heterocycles. The van der Waals surface area contributed by atoms with E-state index in [0.29, 0.717) is 5.95 Å². The monoisotopic (exact) mass is 387 g/mol. The number of carbonyl (C=O) groups excluding carboxylic acids is 1. The minimum absolute atomic E-state index is 0.443. The summed E-state index contributed by atoms with van der Waals surface area (Å²) in [6.07, 6.45) is 9.71. The molecule has 0 bridgehead atoms. The van der Waals surface area contributed by atoms with Gasteiger partial charge in [-0.05, 0) is 39.0 Å². The van der Waals surface area contributed by atoms with Gasteiger partial charge in [0.1, 0.15) is 5.60 Å². The number of para-hydroxylation sites is 1. The molecule has 0 radical (unpaired) electrons. The number of rotatable bonds is 2. The number of nitrogens with zero attached hydrogens (tertiary/aromatic N) is 5. The first-order chi connectivity index (χ1) is 13.9. The molecule has 0 saturated carbocycles. The average molecular weight is 387 g/mol. The molecule has 0 spiro atoms. The van der Waals surface area contributed by atoms with E-state index in [-0.39, 0.29) is 0 Å². The van der Waals surface area contributed by atoms with Gasteiger partial charge in [0, 0.05) is 48.1 Å². The summed E-state index contributed by atoms with van der Waals surface area (Å²) in [5.41, 5.74) is 2.06. The van der Waals surface area contributed by atoms with Crippen LogP contribution < -0.4 is 4.90 Å². The molecule has 0 fully saturated rings. The Labute approximate surface area is 169 Å². The Morgan fingerprint density at radius 3 is 2.52 bits per heavy atom. The number of pyridine rings is 1. The van der Waals surface area contributed by atoms with Crippen molar-refractivity contribution in [3.8, 4) is 11.3 Å². The summed E-state index contributed by atoms with van der Waals surface area (Å²) in [5, 5.41) is 1.05. The highest BCUT2D eigenvalue weighted by Crippen LogP contribution is 2.23. The number of hydrogen-bond donors (Lipinski definition) is 0. The van der Waals surface area contributed by atoms with Crippen LogP contribution in [0.5, 0.6) is 0 Å².